The Morgan fingerprint density at radius 1 is 1.22 bits per heavy atom. The SMILES string of the molecule is COc1ccc2c(cc1=O)[C@H]1CC[C@]3(C)[C@@H](O)CC[C@H]3[C@@H]1CC2. The molecule has 3 heteroatoms. The summed E-state index contributed by atoms with van der Waals surface area (Å²) in [5, 5.41) is 10.5. The van der Waals surface area contributed by atoms with E-state index in [2.05, 4.69) is 13.0 Å². The maximum atomic E-state index is 12.4. The molecule has 0 spiro atoms. The van der Waals surface area contributed by atoms with Crippen molar-refractivity contribution in [3.8, 4) is 5.75 Å². The summed E-state index contributed by atoms with van der Waals surface area (Å²) in [5.41, 5.74) is 2.65. The molecule has 3 aliphatic carbocycles. The lowest BCUT2D eigenvalue weighted by atomic mass is 9.55. The van der Waals surface area contributed by atoms with Crippen LogP contribution in [-0.4, -0.2) is 18.3 Å². The zero-order chi connectivity index (χ0) is 16.2. The van der Waals surface area contributed by atoms with Crippen molar-refractivity contribution < 1.29 is 9.84 Å². The first kappa shape index (κ1) is 15.2. The summed E-state index contributed by atoms with van der Waals surface area (Å²) in [6.45, 7) is 2.29. The van der Waals surface area contributed by atoms with E-state index in [9.17, 15) is 9.90 Å². The first-order valence-corrected chi connectivity index (χ1v) is 8.94. The Bertz CT molecular complexity index is 683. The van der Waals surface area contributed by atoms with E-state index in [1.54, 1.807) is 7.11 Å². The predicted molar refractivity (Wildman–Crippen MR) is 89.9 cm³/mol. The van der Waals surface area contributed by atoms with Gasteiger partial charge in [-0.2, -0.15) is 0 Å². The van der Waals surface area contributed by atoms with Crippen LogP contribution in [-0.2, 0) is 6.42 Å². The van der Waals surface area contributed by atoms with Crippen molar-refractivity contribution in [3.63, 3.8) is 0 Å². The highest BCUT2D eigenvalue weighted by Gasteiger charge is 2.54. The summed E-state index contributed by atoms with van der Waals surface area (Å²) in [4.78, 5) is 12.4. The molecule has 3 nitrogen and oxygen atoms in total. The van der Waals surface area contributed by atoms with Gasteiger partial charge in [0.1, 0.15) is 0 Å². The van der Waals surface area contributed by atoms with E-state index in [4.69, 9.17) is 4.74 Å². The van der Waals surface area contributed by atoms with Crippen molar-refractivity contribution in [3.05, 3.63) is 39.5 Å². The molecule has 4 rings (SSSR count). The fourth-order valence-electron chi connectivity index (χ4n) is 5.77. The van der Waals surface area contributed by atoms with Crippen LogP contribution in [0, 0.1) is 17.3 Å². The average molecular weight is 314 g/mol. The summed E-state index contributed by atoms with van der Waals surface area (Å²) in [6, 6.07) is 5.75. The maximum absolute atomic E-state index is 12.4. The lowest BCUT2D eigenvalue weighted by Crippen LogP contribution is -2.43. The highest BCUT2D eigenvalue weighted by molar-refractivity contribution is 5.37. The van der Waals surface area contributed by atoms with E-state index >= 15 is 0 Å². The summed E-state index contributed by atoms with van der Waals surface area (Å²) in [6.07, 6.45) is 6.33. The Labute approximate surface area is 137 Å². The van der Waals surface area contributed by atoms with Crippen LogP contribution < -0.4 is 10.2 Å². The van der Waals surface area contributed by atoms with E-state index < -0.39 is 0 Å². The monoisotopic (exact) mass is 314 g/mol. The number of ether oxygens (including phenoxy) is 1. The van der Waals surface area contributed by atoms with Crippen LogP contribution in [0.4, 0.5) is 0 Å². The molecule has 0 saturated heterocycles. The fourth-order valence-corrected chi connectivity index (χ4v) is 5.77. The van der Waals surface area contributed by atoms with Gasteiger partial charge >= 0.3 is 0 Å². The van der Waals surface area contributed by atoms with Crippen LogP contribution in [0.1, 0.15) is 56.1 Å². The topological polar surface area (TPSA) is 46.5 Å². The molecule has 1 aromatic rings. The highest BCUT2D eigenvalue weighted by Crippen LogP contribution is 2.60. The van der Waals surface area contributed by atoms with Gasteiger partial charge in [-0.1, -0.05) is 13.0 Å². The number of rotatable bonds is 1. The van der Waals surface area contributed by atoms with Gasteiger partial charge in [-0.25, -0.2) is 0 Å². The highest BCUT2D eigenvalue weighted by atomic mass is 16.5. The Morgan fingerprint density at radius 3 is 2.83 bits per heavy atom. The standard InChI is InChI=1S/C20H26O3/c1-20-10-9-13-14(16(20)6-8-19(20)22)5-3-12-4-7-18(23-2)17(21)11-15(12)13/h4,7,11,13-14,16,19,22H,3,5-6,8-10H2,1-2H3/t13-,14+,16-,19-,20-/m0/s1. The normalized spacial score (nSPS) is 38.4. The molecule has 0 aliphatic heterocycles. The first-order valence-electron chi connectivity index (χ1n) is 8.94. The molecule has 124 valence electrons. The van der Waals surface area contributed by atoms with Crippen LogP contribution in [0.2, 0.25) is 0 Å². The van der Waals surface area contributed by atoms with E-state index in [1.165, 1.54) is 17.5 Å². The molecule has 1 N–H and O–H groups in total. The average Bonchev–Trinajstić information content (AvgIpc) is 2.74. The second-order valence-corrected chi connectivity index (χ2v) is 7.94. The van der Waals surface area contributed by atoms with E-state index in [-0.39, 0.29) is 16.9 Å². The van der Waals surface area contributed by atoms with Gasteiger partial charge in [0, 0.05) is 0 Å². The summed E-state index contributed by atoms with van der Waals surface area (Å²) in [5.74, 6) is 2.14. The minimum Gasteiger partial charge on any atom is -0.493 e. The molecule has 3 aliphatic rings. The van der Waals surface area contributed by atoms with Gasteiger partial charge in [0.2, 0.25) is 5.43 Å². The number of aryl methyl sites for hydroxylation is 1. The van der Waals surface area contributed by atoms with Crippen molar-refractivity contribution in [1.82, 2.24) is 0 Å². The minimum absolute atomic E-state index is 0.00538. The van der Waals surface area contributed by atoms with Gasteiger partial charge in [-0.05, 0) is 85.0 Å². The first-order chi connectivity index (χ1) is 11.0. The maximum Gasteiger partial charge on any atom is 0.220 e. The van der Waals surface area contributed by atoms with Crippen molar-refractivity contribution in [1.29, 1.82) is 0 Å². The number of aliphatic hydroxyl groups is 1. The molecule has 0 unspecified atom stereocenters. The van der Waals surface area contributed by atoms with Crippen molar-refractivity contribution in [2.75, 3.05) is 7.11 Å². The third-order valence-corrected chi connectivity index (χ3v) is 7.09. The van der Waals surface area contributed by atoms with Crippen LogP contribution in [0.5, 0.6) is 5.75 Å². The van der Waals surface area contributed by atoms with Crippen LogP contribution in [0.15, 0.2) is 23.0 Å². The third kappa shape index (κ3) is 2.16. The summed E-state index contributed by atoms with van der Waals surface area (Å²) >= 11 is 0. The van der Waals surface area contributed by atoms with Gasteiger partial charge in [0.25, 0.3) is 0 Å². The molecule has 0 radical (unpaired) electrons. The number of hydrogen-bond donors (Lipinski definition) is 1. The molecule has 2 fully saturated rings. The zero-order valence-corrected chi connectivity index (χ0v) is 14.0. The number of fused-ring (bicyclic) bond motifs is 5. The molecule has 23 heavy (non-hydrogen) atoms. The Morgan fingerprint density at radius 2 is 2.04 bits per heavy atom. The van der Waals surface area contributed by atoms with E-state index in [0.29, 0.717) is 23.5 Å². The minimum atomic E-state index is -0.142. The van der Waals surface area contributed by atoms with Gasteiger partial charge in [-0.3, -0.25) is 4.79 Å². The van der Waals surface area contributed by atoms with Gasteiger partial charge in [0.05, 0.1) is 13.2 Å². The third-order valence-electron chi connectivity index (χ3n) is 7.09. The van der Waals surface area contributed by atoms with E-state index in [1.807, 2.05) is 12.1 Å². The Kier molecular flexibility index (Phi) is 3.53. The Hall–Kier alpha value is -1.35. The molecule has 0 aromatic heterocycles. The van der Waals surface area contributed by atoms with Gasteiger partial charge < -0.3 is 9.84 Å². The van der Waals surface area contributed by atoms with Gasteiger partial charge in [-0.15, -0.1) is 0 Å². The number of methoxy groups -OCH3 is 1. The quantitative estimate of drug-likeness (QED) is 0.865. The van der Waals surface area contributed by atoms with Crippen molar-refractivity contribution in [2.24, 2.45) is 17.3 Å². The van der Waals surface area contributed by atoms with Gasteiger partial charge in [0.15, 0.2) is 5.75 Å². The fraction of sp³-hybridized carbons (Fsp3) is 0.650. The molecular formula is C20H26O3. The molecule has 0 heterocycles. The molecule has 1 aromatic carbocycles. The second kappa shape index (κ2) is 5.34. The smallest absolute Gasteiger partial charge is 0.220 e. The van der Waals surface area contributed by atoms with Crippen molar-refractivity contribution in [2.45, 2.75) is 57.5 Å². The number of hydrogen-bond acceptors (Lipinski definition) is 3. The lowest BCUT2D eigenvalue weighted by molar-refractivity contribution is -0.0225. The molecule has 5 atom stereocenters. The number of aliphatic hydroxyl groups excluding tert-OH is 1. The molecule has 2 saturated carbocycles. The zero-order valence-electron chi connectivity index (χ0n) is 14.0. The molecule has 0 amide bonds. The Balaban J connectivity index is 1.76. The van der Waals surface area contributed by atoms with Crippen LogP contribution in [0.3, 0.4) is 0 Å². The summed E-state index contributed by atoms with van der Waals surface area (Å²) in [7, 11) is 1.56. The largest absolute Gasteiger partial charge is 0.493 e. The predicted octanol–water partition coefficient (Wildman–Crippen LogP) is 3.27. The molecule has 0 bridgehead atoms. The van der Waals surface area contributed by atoms with E-state index in [0.717, 1.165) is 32.1 Å². The molecular weight excluding hydrogens is 288 g/mol. The van der Waals surface area contributed by atoms with Crippen molar-refractivity contribution >= 4 is 0 Å². The second-order valence-electron chi connectivity index (χ2n) is 7.94. The lowest BCUT2D eigenvalue weighted by Gasteiger charge is -2.49. The van der Waals surface area contributed by atoms with Crippen LogP contribution in [0.25, 0.3) is 0 Å². The summed E-state index contributed by atoms with van der Waals surface area (Å²) < 4.78 is 5.21. The van der Waals surface area contributed by atoms with Crippen LogP contribution >= 0.6 is 0 Å².